The van der Waals surface area contributed by atoms with Crippen molar-refractivity contribution in [3.8, 4) is 0 Å². The normalized spacial score (nSPS) is 16.8. The zero-order chi connectivity index (χ0) is 36.0. The topological polar surface area (TPSA) is 208 Å². The lowest BCUT2D eigenvalue weighted by Crippen LogP contribution is -2.51. The molecule has 290 valence electrons. The first kappa shape index (κ1) is 47.7. The maximum absolute atomic E-state index is 6.75. The van der Waals surface area contributed by atoms with Crippen LogP contribution in [0.5, 0.6) is 0 Å². The molecule has 0 aromatic heterocycles. The third kappa shape index (κ3) is 25.6. The molecule has 16 N–H and O–H groups in total. The van der Waals surface area contributed by atoms with E-state index in [1.54, 1.807) is 0 Å². The van der Waals surface area contributed by atoms with Crippen LogP contribution in [0.4, 0.5) is 0 Å². The first-order valence-electron chi connectivity index (χ1n) is 20.9. The van der Waals surface area contributed by atoms with Gasteiger partial charge in [-0.1, -0.05) is 136 Å². The molecule has 0 aliphatic heterocycles. The van der Waals surface area contributed by atoms with E-state index in [0.29, 0.717) is 18.4 Å². The van der Waals surface area contributed by atoms with Gasteiger partial charge in [0.05, 0.1) is 0 Å². The molecule has 0 rings (SSSR count). The van der Waals surface area contributed by atoms with Crippen molar-refractivity contribution in [1.29, 1.82) is 0 Å². The van der Waals surface area contributed by atoms with Gasteiger partial charge in [-0.2, -0.15) is 0 Å². The Balaban J connectivity index is 4.08. The average molecular weight is 683 g/mol. The number of hydrogen-bond donors (Lipinski definition) is 8. The van der Waals surface area contributed by atoms with Gasteiger partial charge in [0.15, 0.2) is 0 Å². The van der Waals surface area contributed by atoms with Crippen molar-refractivity contribution in [3.63, 3.8) is 0 Å². The second kappa shape index (κ2) is 31.4. The molecule has 0 aromatic carbocycles. The van der Waals surface area contributed by atoms with Crippen LogP contribution in [0.2, 0.25) is 0 Å². The van der Waals surface area contributed by atoms with Gasteiger partial charge < -0.3 is 45.9 Å². The van der Waals surface area contributed by atoms with E-state index in [9.17, 15) is 0 Å². The van der Waals surface area contributed by atoms with Crippen LogP contribution in [0.1, 0.15) is 188 Å². The highest BCUT2D eigenvalue weighted by Gasteiger charge is 2.33. The molecule has 48 heavy (non-hydrogen) atoms. The Bertz CT molecular complexity index is 678. The molecule has 7 unspecified atom stereocenters. The smallest absolute Gasteiger partial charge is 0.0244 e. The molecule has 0 radical (unpaired) electrons. The lowest BCUT2D eigenvalue weighted by Gasteiger charge is -2.38. The first-order chi connectivity index (χ1) is 23.0. The van der Waals surface area contributed by atoms with E-state index in [-0.39, 0.29) is 35.6 Å². The van der Waals surface area contributed by atoms with Gasteiger partial charge in [0.25, 0.3) is 0 Å². The van der Waals surface area contributed by atoms with Gasteiger partial charge in [0.2, 0.25) is 0 Å². The highest BCUT2D eigenvalue weighted by Crippen LogP contribution is 2.32. The minimum Gasteiger partial charge on any atom is -0.330 e. The molecule has 8 nitrogen and oxygen atoms in total. The Labute approximate surface area is 300 Å². The van der Waals surface area contributed by atoms with E-state index in [0.717, 1.165) is 64.5 Å². The largest absolute Gasteiger partial charge is 0.330 e. The molecule has 0 amide bonds. The number of hydrogen-bond acceptors (Lipinski definition) is 8. The van der Waals surface area contributed by atoms with E-state index in [1.165, 1.54) is 116 Å². The highest BCUT2D eigenvalue weighted by atomic mass is 14.8. The fourth-order valence-corrected chi connectivity index (χ4v) is 7.78. The molecule has 0 bridgehead atoms. The highest BCUT2D eigenvalue weighted by molar-refractivity contribution is 4.91. The zero-order valence-electron chi connectivity index (χ0n) is 32.7. The molecule has 0 heterocycles. The molecule has 0 fully saturated rings. The van der Waals surface area contributed by atoms with Crippen LogP contribution >= 0.6 is 0 Å². The quantitative estimate of drug-likeness (QED) is 0.0324. The molecule has 0 aliphatic rings. The van der Waals surface area contributed by atoms with Crippen LogP contribution in [-0.4, -0.2) is 49.8 Å². The lowest BCUT2D eigenvalue weighted by molar-refractivity contribution is 0.184. The summed E-state index contributed by atoms with van der Waals surface area (Å²) in [5.74, 6) is 0.917. The summed E-state index contributed by atoms with van der Waals surface area (Å²) in [5.41, 5.74) is 50.3. The van der Waals surface area contributed by atoms with Gasteiger partial charge in [-0.3, -0.25) is 0 Å². The van der Waals surface area contributed by atoms with Crippen molar-refractivity contribution in [3.05, 3.63) is 0 Å². The summed E-state index contributed by atoms with van der Waals surface area (Å²) < 4.78 is 0. The SMILES string of the molecule is CC(CC(N)C(N)CCCCCCCC(CN)C(N)CCCCCCCCN)CC(C)(C)C(N)C(N)CCCCCCCCCCCN. The minimum absolute atomic E-state index is 0.00934. The summed E-state index contributed by atoms with van der Waals surface area (Å²) in [6, 6.07) is 0.358. The Morgan fingerprint density at radius 2 is 0.771 bits per heavy atom. The summed E-state index contributed by atoms with van der Waals surface area (Å²) in [6.45, 7) is 9.20. The van der Waals surface area contributed by atoms with Crippen molar-refractivity contribution in [2.24, 2.45) is 63.1 Å². The van der Waals surface area contributed by atoms with Crippen molar-refractivity contribution < 1.29 is 0 Å². The average Bonchev–Trinajstić information content (AvgIpc) is 3.05. The molecule has 0 aliphatic carbocycles. The third-order valence-electron chi connectivity index (χ3n) is 11.2. The second-order valence-corrected chi connectivity index (χ2v) is 16.5. The van der Waals surface area contributed by atoms with Crippen LogP contribution in [-0.2, 0) is 0 Å². The molecular weight excluding hydrogens is 592 g/mol. The van der Waals surface area contributed by atoms with Crippen LogP contribution in [0.15, 0.2) is 0 Å². The van der Waals surface area contributed by atoms with Gasteiger partial charge >= 0.3 is 0 Å². The maximum atomic E-state index is 6.75. The predicted octanol–water partition coefficient (Wildman–Crippen LogP) is 6.92. The van der Waals surface area contributed by atoms with E-state index in [1.807, 2.05) is 0 Å². The minimum atomic E-state index is -0.0244. The van der Waals surface area contributed by atoms with Crippen molar-refractivity contribution >= 4 is 0 Å². The summed E-state index contributed by atoms with van der Waals surface area (Å²) in [5, 5.41) is 0. The summed E-state index contributed by atoms with van der Waals surface area (Å²) in [7, 11) is 0. The van der Waals surface area contributed by atoms with Crippen molar-refractivity contribution in [2.75, 3.05) is 19.6 Å². The predicted molar refractivity (Wildman–Crippen MR) is 214 cm³/mol. The summed E-state index contributed by atoms with van der Waals surface area (Å²) >= 11 is 0. The maximum Gasteiger partial charge on any atom is 0.0244 e. The fourth-order valence-electron chi connectivity index (χ4n) is 7.78. The molecule has 7 atom stereocenters. The Morgan fingerprint density at radius 1 is 0.417 bits per heavy atom. The Kier molecular flexibility index (Phi) is 31.2. The fraction of sp³-hybridized carbons (Fsp3) is 1.00. The number of unbranched alkanes of at least 4 members (excludes halogenated alkanes) is 17. The third-order valence-corrected chi connectivity index (χ3v) is 11.2. The van der Waals surface area contributed by atoms with Gasteiger partial charge in [-0.15, -0.1) is 0 Å². The molecule has 0 saturated carbocycles. The van der Waals surface area contributed by atoms with Gasteiger partial charge in [-0.05, 0) is 88.3 Å². The molecule has 0 saturated heterocycles. The number of nitrogens with two attached hydrogens (primary N) is 8. The monoisotopic (exact) mass is 683 g/mol. The lowest BCUT2D eigenvalue weighted by atomic mass is 9.72. The molecule has 0 aromatic rings. The van der Waals surface area contributed by atoms with E-state index in [2.05, 4.69) is 20.8 Å². The van der Waals surface area contributed by atoms with E-state index < -0.39 is 0 Å². The zero-order valence-corrected chi connectivity index (χ0v) is 32.7. The van der Waals surface area contributed by atoms with Crippen molar-refractivity contribution in [1.82, 2.24) is 0 Å². The summed E-state index contributed by atoms with van der Waals surface area (Å²) in [4.78, 5) is 0. The summed E-state index contributed by atoms with van der Waals surface area (Å²) in [6.07, 6.45) is 31.3. The Morgan fingerprint density at radius 3 is 1.19 bits per heavy atom. The van der Waals surface area contributed by atoms with Crippen molar-refractivity contribution in [2.45, 2.75) is 218 Å². The van der Waals surface area contributed by atoms with Gasteiger partial charge in [-0.25, -0.2) is 0 Å². The van der Waals surface area contributed by atoms with Crippen LogP contribution in [0.3, 0.4) is 0 Å². The molecule has 0 spiro atoms. The van der Waals surface area contributed by atoms with Crippen LogP contribution < -0.4 is 45.9 Å². The standard InChI is InChI=1S/C40H90N8/c1-33(31-40(2,3)39(48)37(46)27-21-14-7-5-4-6-9-16-22-28-41)30-38(47)36(45)26-20-15-11-12-18-24-34(32-43)35(44)25-19-13-8-10-17-23-29-42/h33-39H,4-32,41-48H2,1-3H3. The van der Waals surface area contributed by atoms with Gasteiger partial charge in [0, 0.05) is 30.2 Å². The van der Waals surface area contributed by atoms with Crippen LogP contribution in [0, 0.1) is 17.3 Å². The number of rotatable bonds is 36. The second-order valence-electron chi connectivity index (χ2n) is 16.5. The van der Waals surface area contributed by atoms with E-state index >= 15 is 0 Å². The van der Waals surface area contributed by atoms with E-state index in [4.69, 9.17) is 45.9 Å². The van der Waals surface area contributed by atoms with Crippen LogP contribution in [0.25, 0.3) is 0 Å². The van der Waals surface area contributed by atoms with Gasteiger partial charge in [0.1, 0.15) is 0 Å². The molecular formula is C40H90N8. The molecule has 8 heteroatoms. The Hall–Kier alpha value is -0.320. The first-order valence-corrected chi connectivity index (χ1v) is 20.9.